The zero-order chi connectivity index (χ0) is 11.9. The van der Waals surface area contributed by atoms with Gasteiger partial charge in [0.05, 0.1) is 25.7 Å². The number of H-pyrrole nitrogens is 1. The van der Waals surface area contributed by atoms with Crippen LogP contribution in [-0.2, 0) is 19.5 Å². The van der Waals surface area contributed by atoms with Crippen LogP contribution >= 0.6 is 0 Å². The molecule has 0 fully saturated rings. The van der Waals surface area contributed by atoms with E-state index in [0.29, 0.717) is 6.54 Å². The number of nitrogens with one attached hydrogen (secondary N) is 2. The minimum atomic E-state index is 0.119. The summed E-state index contributed by atoms with van der Waals surface area (Å²) < 4.78 is 1.74. The Bertz CT molecular complexity index is 423. The average Bonchev–Trinajstić information content (AvgIpc) is 2.96. The summed E-state index contributed by atoms with van der Waals surface area (Å²) >= 11 is 0. The van der Waals surface area contributed by atoms with E-state index in [1.807, 2.05) is 18.6 Å². The molecule has 2 heterocycles. The van der Waals surface area contributed by atoms with E-state index in [0.717, 1.165) is 30.8 Å². The molecular formula is C11H17N5O. The number of hydrogen-bond acceptors (Lipinski definition) is 4. The Balaban J connectivity index is 1.67. The summed E-state index contributed by atoms with van der Waals surface area (Å²) in [6.07, 6.45) is 8.22. The van der Waals surface area contributed by atoms with Gasteiger partial charge >= 0.3 is 0 Å². The molecule has 2 aromatic rings. The Hall–Kier alpha value is -1.66. The predicted molar refractivity (Wildman–Crippen MR) is 63.3 cm³/mol. The van der Waals surface area contributed by atoms with Crippen molar-refractivity contribution < 1.29 is 5.11 Å². The second-order valence-corrected chi connectivity index (χ2v) is 3.84. The van der Waals surface area contributed by atoms with E-state index < -0.39 is 0 Å². The van der Waals surface area contributed by atoms with E-state index >= 15 is 0 Å². The van der Waals surface area contributed by atoms with Crippen molar-refractivity contribution in [3.63, 3.8) is 0 Å². The maximum atomic E-state index is 8.76. The first-order chi connectivity index (χ1) is 8.38. The van der Waals surface area contributed by atoms with Crippen molar-refractivity contribution in [2.24, 2.45) is 0 Å². The molecule has 0 unspecified atom stereocenters. The highest BCUT2D eigenvalue weighted by molar-refractivity contribution is 5.03. The summed E-state index contributed by atoms with van der Waals surface area (Å²) in [7, 11) is 0. The standard InChI is InChI=1S/C11H17N5O/c17-4-3-16-8-10(6-15-16)5-12-2-1-11-7-13-9-14-11/h6-9,12,17H,1-5H2,(H,13,14). The smallest absolute Gasteiger partial charge is 0.0921 e. The van der Waals surface area contributed by atoms with Gasteiger partial charge in [0.1, 0.15) is 0 Å². The first-order valence-corrected chi connectivity index (χ1v) is 5.68. The van der Waals surface area contributed by atoms with Crippen molar-refractivity contribution in [2.45, 2.75) is 19.5 Å². The Morgan fingerprint density at radius 3 is 3.12 bits per heavy atom. The highest BCUT2D eigenvalue weighted by atomic mass is 16.3. The van der Waals surface area contributed by atoms with Crippen LogP contribution in [0.25, 0.3) is 0 Å². The Labute approximate surface area is 99.7 Å². The number of aromatic nitrogens is 4. The molecule has 0 aliphatic heterocycles. The fourth-order valence-corrected chi connectivity index (χ4v) is 1.60. The molecular weight excluding hydrogens is 218 g/mol. The van der Waals surface area contributed by atoms with Crippen molar-refractivity contribution in [2.75, 3.05) is 13.2 Å². The topological polar surface area (TPSA) is 78.8 Å². The lowest BCUT2D eigenvalue weighted by Crippen LogP contribution is -2.16. The third kappa shape index (κ3) is 3.69. The Kier molecular flexibility index (Phi) is 4.29. The molecule has 6 heteroatoms. The number of rotatable bonds is 7. The maximum absolute atomic E-state index is 8.76. The predicted octanol–water partition coefficient (Wildman–Crippen LogP) is -0.0692. The van der Waals surface area contributed by atoms with E-state index in [2.05, 4.69) is 20.4 Å². The van der Waals surface area contributed by atoms with Gasteiger partial charge in [-0.05, 0) is 0 Å². The quantitative estimate of drug-likeness (QED) is 0.587. The molecule has 0 spiro atoms. The third-order valence-electron chi connectivity index (χ3n) is 2.47. The molecule has 0 aliphatic rings. The molecule has 0 saturated heterocycles. The summed E-state index contributed by atoms with van der Waals surface area (Å²) in [5.41, 5.74) is 2.26. The van der Waals surface area contributed by atoms with Crippen LogP contribution in [0, 0.1) is 0 Å². The van der Waals surface area contributed by atoms with Crippen molar-refractivity contribution in [3.05, 3.63) is 36.2 Å². The van der Waals surface area contributed by atoms with Crippen molar-refractivity contribution in [1.29, 1.82) is 0 Å². The van der Waals surface area contributed by atoms with E-state index in [9.17, 15) is 0 Å². The van der Waals surface area contributed by atoms with Crippen LogP contribution in [0.4, 0.5) is 0 Å². The van der Waals surface area contributed by atoms with Crippen molar-refractivity contribution >= 4 is 0 Å². The largest absolute Gasteiger partial charge is 0.394 e. The van der Waals surface area contributed by atoms with Gasteiger partial charge in [0, 0.05) is 43.2 Å². The van der Waals surface area contributed by atoms with Crippen LogP contribution in [0.5, 0.6) is 0 Å². The highest BCUT2D eigenvalue weighted by Crippen LogP contribution is 1.97. The van der Waals surface area contributed by atoms with Gasteiger partial charge < -0.3 is 15.4 Å². The van der Waals surface area contributed by atoms with Gasteiger partial charge in [0.25, 0.3) is 0 Å². The zero-order valence-electron chi connectivity index (χ0n) is 9.63. The lowest BCUT2D eigenvalue weighted by atomic mass is 10.3. The lowest BCUT2D eigenvalue weighted by Gasteiger charge is -2.01. The third-order valence-corrected chi connectivity index (χ3v) is 2.47. The molecule has 2 aromatic heterocycles. The van der Waals surface area contributed by atoms with Gasteiger partial charge in [-0.3, -0.25) is 4.68 Å². The molecule has 0 aromatic carbocycles. The zero-order valence-corrected chi connectivity index (χ0v) is 9.63. The van der Waals surface area contributed by atoms with Crippen LogP contribution in [0.1, 0.15) is 11.3 Å². The molecule has 0 aliphatic carbocycles. The number of aliphatic hydroxyl groups is 1. The molecule has 0 bridgehead atoms. The van der Waals surface area contributed by atoms with Gasteiger partial charge in [-0.2, -0.15) is 5.10 Å². The minimum Gasteiger partial charge on any atom is -0.394 e. The monoisotopic (exact) mass is 235 g/mol. The first-order valence-electron chi connectivity index (χ1n) is 5.68. The summed E-state index contributed by atoms with van der Waals surface area (Å²) in [5.74, 6) is 0. The fraction of sp³-hybridized carbons (Fsp3) is 0.455. The summed E-state index contributed by atoms with van der Waals surface area (Å²) in [6.45, 7) is 2.36. The molecule has 0 atom stereocenters. The van der Waals surface area contributed by atoms with Crippen molar-refractivity contribution in [1.82, 2.24) is 25.1 Å². The summed E-state index contributed by atoms with van der Waals surface area (Å²) in [6, 6.07) is 0. The second kappa shape index (κ2) is 6.17. The van der Waals surface area contributed by atoms with E-state index in [4.69, 9.17) is 5.11 Å². The van der Waals surface area contributed by atoms with Crippen LogP contribution in [0.15, 0.2) is 24.9 Å². The van der Waals surface area contributed by atoms with Gasteiger partial charge in [-0.25, -0.2) is 4.98 Å². The van der Waals surface area contributed by atoms with Crippen LogP contribution in [-0.4, -0.2) is 38.0 Å². The minimum absolute atomic E-state index is 0.119. The lowest BCUT2D eigenvalue weighted by molar-refractivity contribution is 0.269. The average molecular weight is 235 g/mol. The SMILES string of the molecule is OCCn1cc(CNCCc2cnc[nH]2)cn1. The summed E-state index contributed by atoms with van der Waals surface area (Å²) in [5, 5.41) is 16.2. The molecule has 6 nitrogen and oxygen atoms in total. The van der Waals surface area contributed by atoms with Crippen LogP contribution in [0.2, 0.25) is 0 Å². The summed E-state index contributed by atoms with van der Waals surface area (Å²) in [4.78, 5) is 7.02. The maximum Gasteiger partial charge on any atom is 0.0921 e. The van der Waals surface area contributed by atoms with Crippen LogP contribution < -0.4 is 5.32 Å². The molecule has 92 valence electrons. The fourth-order valence-electron chi connectivity index (χ4n) is 1.60. The van der Waals surface area contributed by atoms with E-state index in [1.165, 1.54) is 0 Å². The number of aliphatic hydroxyl groups excluding tert-OH is 1. The number of aromatic amines is 1. The van der Waals surface area contributed by atoms with E-state index in [-0.39, 0.29) is 6.61 Å². The highest BCUT2D eigenvalue weighted by Gasteiger charge is 1.98. The van der Waals surface area contributed by atoms with Gasteiger partial charge in [-0.15, -0.1) is 0 Å². The second-order valence-electron chi connectivity index (χ2n) is 3.84. The first kappa shape index (κ1) is 11.8. The Morgan fingerprint density at radius 1 is 1.41 bits per heavy atom. The normalized spacial score (nSPS) is 10.9. The van der Waals surface area contributed by atoms with Crippen LogP contribution in [0.3, 0.4) is 0 Å². The van der Waals surface area contributed by atoms with Crippen molar-refractivity contribution in [3.8, 4) is 0 Å². The number of nitrogens with zero attached hydrogens (tertiary/aromatic N) is 3. The van der Waals surface area contributed by atoms with Gasteiger partial charge in [-0.1, -0.05) is 0 Å². The number of hydrogen-bond donors (Lipinski definition) is 3. The van der Waals surface area contributed by atoms with Gasteiger partial charge in [0.15, 0.2) is 0 Å². The molecule has 0 radical (unpaired) electrons. The molecule has 0 amide bonds. The number of imidazole rings is 1. The molecule has 17 heavy (non-hydrogen) atoms. The Morgan fingerprint density at radius 2 is 2.35 bits per heavy atom. The molecule has 2 rings (SSSR count). The molecule has 3 N–H and O–H groups in total. The molecule has 0 saturated carbocycles. The van der Waals surface area contributed by atoms with E-state index in [1.54, 1.807) is 11.0 Å². The van der Waals surface area contributed by atoms with Gasteiger partial charge in [0.2, 0.25) is 0 Å².